The molecule has 3 unspecified atom stereocenters. The zero-order valence-electron chi connectivity index (χ0n) is 12.0. The molecule has 0 saturated heterocycles. The van der Waals surface area contributed by atoms with Crippen LogP contribution in [0.4, 0.5) is 0 Å². The van der Waals surface area contributed by atoms with Crippen molar-refractivity contribution in [1.82, 2.24) is 5.32 Å². The van der Waals surface area contributed by atoms with Gasteiger partial charge in [-0.2, -0.15) is 0 Å². The zero-order valence-corrected chi connectivity index (χ0v) is 12.8. The Bertz CT molecular complexity index is 585. The van der Waals surface area contributed by atoms with Gasteiger partial charge in [0.25, 0.3) is 0 Å². The van der Waals surface area contributed by atoms with Crippen molar-refractivity contribution in [3.63, 3.8) is 0 Å². The molecule has 2 rings (SSSR count). The van der Waals surface area contributed by atoms with E-state index in [0.29, 0.717) is 18.4 Å². The molecule has 0 amide bonds. The van der Waals surface area contributed by atoms with Gasteiger partial charge in [-0.1, -0.05) is 36.8 Å². The van der Waals surface area contributed by atoms with Crippen molar-refractivity contribution in [3.8, 4) is 0 Å². The maximum Gasteiger partial charge on any atom is 0.325 e. The van der Waals surface area contributed by atoms with Gasteiger partial charge in [0.2, 0.25) is 0 Å². The predicted molar refractivity (Wildman–Crippen MR) is 80.8 cm³/mol. The molecular weight excluding hydrogens is 290 g/mol. The Morgan fingerprint density at radius 1 is 1.29 bits per heavy atom. The van der Waals surface area contributed by atoms with Gasteiger partial charge in [-0.3, -0.25) is 10.1 Å². The van der Waals surface area contributed by atoms with Crippen molar-refractivity contribution in [2.45, 2.75) is 43.0 Å². The highest BCUT2D eigenvalue weighted by atomic mass is 32.2. The van der Waals surface area contributed by atoms with Crippen molar-refractivity contribution in [3.05, 3.63) is 35.9 Å². The van der Waals surface area contributed by atoms with E-state index >= 15 is 0 Å². The fourth-order valence-corrected chi connectivity index (χ4v) is 4.05. The van der Waals surface area contributed by atoms with Crippen LogP contribution in [-0.4, -0.2) is 37.0 Å². The van der Waals surface area contributed by atoms with Crippen molar-refractivity contribution < 1.29 is 18.3 Å². The molecule has 1 aromatic carbocycles. The predicted octanol–water partition coefficient (Wildman–Crippen LogP) is 1.76. The summed E-state index contributed by atoms with van der Waals surface area (Å²) in [6, 6.07) is 8.09. The van der Waals surface area contributed by atoms with Crippen LogP contribution in [0, 0.1) is 0 Å². The van der Waals surface area contributed by atoms with Crippen LogP contribution in [-0.2, 0) is 14.6 Å². The van der Waals surface area contributed by atoms with E-state index in [9.17, 15) is 18.3 Å². The summed E-state index contributed by atoms with van der Waals surface area (Å²) < 4.78 is 23.4. The van der Waals surface area contributed by atoms with Crippen LogP contribution in [0.3, 0.4) is 0 Å². The molecule has 1 aliphatic rings. The lowest BCUT2D eigenvalue weighted by atomic mass is 9.93. The number of benzene rings is 1. The molecule has 1 aromatic rings. The summed E-state index contributed by atoms with van der Waals surface area (Å²) in [5, 5.41) is 12.1. The second-order valence-electron chi connectivity index (χ2n) is 5.66. The molecule has 1 aliphatic carbocycles. The second kappa shape index (κ2) is 6.58. The van der Waals surface area contributed by atoms with E-state index < -0.39 is 21.8 Å². The molecule has 21 heavy (non-hydrogen) atoms. The summed E-state index contributed by atoms with van der Waals surface area (Å²) in [4.78, 5) is 11.5. The fraction of sp³-hybridized carbons (Fsp3) is 0.533. The zero-order chi connectivity index (χ0) is 15.5. The summed E-state index contributed by atoms with van der Waals surface area (Å²) in [5.41, 5.74) is 0.687. The van der Waals surface area contributed by atoms with Crippen molar-refractivity contribution in [1.29, 1.82) is 0 Å². The van der Waals surface area contributed by atoms with E-state index in [2.05, 4.69) is 5.32 Å². The Labute approximate surface area is 125 Å². The Morgan fingerprint density at radius 3 is 2.52 bits per heavy atom. The van der Waals surface area contributed by atoms with Crippen LogP contribution in [0.2, 0.25) is 0 Å². The smallest absolute Gasteiger partial charge is 0.325 e. The number of aliphatic carboxylic acids is 1. The summed E-state index contributed by atoms with van der Waals surface area (Å²) in [7, 11) is -3.07. The number of rotatable bonds is 5. The molecule has 0 heterocycles. The molecule has 0 spiro atoms. The summed E-state index contributed by atoms with van der Waals surface area (Å²) in [5.74, 6) is -0.942. The molecule has 0 aromatic heterocycles. The highest BCUT2D eigenvalue weighted by molar-refractivity contribution is 7.91. The van der Waals surface area contributed by atoms with Gasteiger partial charge in [-0.25, -0.2) is 8.42 Å². The largest absolute Gasteiger partial charge is 0.480 e. The van der Waals surface area contributed by atoms with Gasteiger partial charge in [0, 0.05) is 12.3 Å². The van der Waals surface area contributed by atoms with Crippen LogP contribution in [0.5, 0.6) is 0 Å². The van der Waals surface area contributed by atoms with Gasteiger partial charge in [-0.15, -0.1) is 0 Å². The second-order valence-corrected chi connectivity index (χ2v) is 7.99. The molecule has 1 fully saturated rings. The van der Waals surface area contributed by atoms with Crippen LogP contribution in [0.15, 0.2) is 30.3 Å². The first-order chi connectivity index (χ1) is 9.88. The molecule has 0 radical (unpaired) electrons. The number of carbonyl (C=O) groups is 1. The molecular formula is C15H21NO4S. The van der Waals surface area contributed by atoms with Crippen LogP contribution >= 0.6 is 0 Å². The molecule has 0 bridgehead atoms. The standard InChI is InChI=1S/C15H21NO4S/c1-21(19,20)13-9-5-8-12(10-13)16-14(15(17)18)11-6-3-2-4-7-11/h2-4,6-7,12-14,16H,5,8-10H2,1H3,(H,17,18). The van der Waals surface area contributed by atoms with Gasteiger partial charge in [0.05, 0.1) is 5.25 Å². The summed E-state index contributed by atoms with van der Waals surface area (Å²) in [6.45, 7) is 0. The third-order valence-corrected chi connectivity index (χ3v) is 5.65. The number of hydrogen-bond donors (Lipinski definition) is 2. The molecule has 3 atom stereocenters. The average molecular weight is 311 g/mol. The van der Waals surface area contributed by atoms with E-state index in [1.807, 2.05) is 6.07 Å². The summed E-state index contributed by atoms with van der Waals surface area (Å²) >= 11 is 0. The van der Waals surface area contributed by atoms with Gasteiger partial charge < -0.3 is 5.11 Å². The van der Waals surface area contributed by atoms with E-state index in [1.165, 1.54) is 6.26 Å². The number of carboxylic acid groups (broad SMARTS) is 1. The maximum absolute atomic E-state index is 11.7. The number of carboxylic acids is 1. The lowest BCUT2D eigenvalue weighted by Crippen LogP contribution is -2.42. The monoisotopic (exact) mass is 311 g/mol. The molecule has 116 valence electrons. The number of sulfone groups is 1. The minimum absolute atomic E-state index is 0.0835. The third kappa shape index (κ3) is 4.28. The van der Waals surface area contributed by atoms with Gasteiger partial charge >= 0.3 is 5.97 Å². The Morgan fingerprint density at radius 2 is 1.95 bits per heavy atom. The number of nitrogens with one attached hydrogen (secondary N) is 1. The first-order valence-electron chi connectivity index (χ1n) is 7.10. The van der Waals surface area contributed by atoms with Crippen LogP contribution < -0.4 is 5.32 Å². The highest BCUT2D eigenvalue weighted by Gasteiger charge is 2.31. The Balaban J connectivity index is 2.09. The molecule has 1 saturated carbocycles. The molecule has 2 N–H and O–H groups in total. The SMILES string of the molecule is CS(=O)(=O)C1CCCC(NC(C(=O)O)c2ccccc2)C1. The lowest BCUT2D eigenvalue weighted by molar-refractivity contribution is -0.140. The molecule has 6 heteroatoms. The first kappa shape index (κ1) is 16.0. The van der Waals surface area contributed by atoms with Crippen molar-refractivity contribution in [2.24, 2.45) is 0 Å². The topological polar surface area (TPSA) is 83.5 Å². The molecule has 0 aliphatic heterocycles. The third-order valence-electron chi connectivity index (χ3n) is 4.01. The van der Waals surface area contributed by atoms with Gasteiger partial charge in [0.15, 0.2) is 0 Å². The fourth-order valence-electron chi connectivity index (χ4n) is 2.88. The normalized spacial score (nSPS) is 24.4. The van der Waals surface area contributed by atoms with Crippen molar-refractivity contribution >= 4 is 15.8 Å². The minimum atomic E-state index is -3.07. The Kier molecular flexibility index (Phi) is 5.00. The molecule has 5 nitrogen and oxygen atoms in total. The quantitative estimate of drug-likeness (QED) is 0.865. The minimum Gasteiger partial charge on any atom is -0.480 e. The van der Waals surface area contributed by atoms with E-state index in [-0.39, 0.29) is 11.3 Å². The average Bonchev–Trinajstić information content (AvgIpc) is 2.45. The lowest BCUT2D eigenvalue weighted by Gasteiger charge is -2.31. The van der Waals surface area contributed by atoms with E-state index in [1.54, 1.807) is 24.3 Å². The first-order valence-corrected chi connectivity index (χ1v) is 9.06. The van der Waals surface area contributed by atoms with E-state index in [4.69, 9.17) is 0 Å². The van der Waals surface area contributed by atoms with Gasteiger partial charge in [-0.05, 0) is 24.8 Å². The van der Waals surface area contributed by atoms with Gasteiger partial charge in [0.1, 0.15) is 15.9 Å². The van der Waals surface area contributed by atoms with E-state index in [0.717, 1.165) is 12.8 Å². The maximum atomic E-state index is 11.7. The van der Waals surface area contributed by atoms with Crippen LogP contribution in [0.1, 0.15) is 37.3 Å². The van der Waals surface area contributed by atoms with Crippen LogP contribution in [0.25, 0.3) is 0 Å². The van der Waals surface area contributed by atoms with Crippen molar-refractivity contribution in [2.75, 3.05) is 6.26 Å². The Hall–Kier alpha value is -1.40. The number of hydrogen-bond acceptors (Lipinski definition) is 4. The highest BCUT2D eigenvalue weighted by Crippen LogP contribution is 2.26. The summed E-state index contributed by atoms with van der Waals surface area (Å²) in [6.07, 6.45) is 4.01.